The van der Waals surface area contributed by atoms with Gasteiger partial charge in [0, 0.05) is 43.3 Å². The fourth-order valence-corrected chi connectivity index (χ4v) is 6.97. The maximum Gasteiger partial charge on any atom is 0.101 e. The number of amidine groups is 1. The summed E-state index contributed by atoms with van der Waals surface area (Å²) in [5, 5.41) is 0. The highest BCUT2D eigenvalue weighted by Gasteiger charge is 2.28. The molecule has 0 radical (unpaired) electrons. The predicted molar refractivity (Wildman–Crippen MR) is 157 cm³/mol. The monoisotopic (exact) mass is 504 g/mol. The van der Waals surface area contributed by atoms with Gasteiger partial charge in [-0.2, -0.15) is 0 Å². The number of hydrogen-bond donors (Lipinski definition) is 0. The Labute approximate surface area is 221 Å². The molecule has 5 rings (SSSR count). The molecule has 0 N–H and O–H groups in total. The molecule has 0 aromatic heterocycles. The first kappa shape index (κ1) is 25.9. The Hall–Kier alpha value is -1.74. The van der Waals surface area contributed by atoms with Gasteiger partial charge in [-0.15, -0.1) is 8.86 Å². The van der Waals surface area contributed by atoms with Crippen molar-refractivity contribution < 1.29 is 0 Å². The summed E-state index contributed by atoms with van der Waals surface area (Å²) in [6.45, 7) is 14.0. The van der Waals surface area contributed by atoms with Crippen LogP contribution >= 0.6 is 8.86 Å². The summed E-state index contributed by atoms with van der Waals surface area (Å²) in [6, 6.07) is 9.77. The Kier molecular flexibility index (Phi) is 8.78. The largest absolute Gasteiger partial charge is 0.360 e. The Morgan fingerprint density at radius 3 is 2.25 bits per heavy atom. The van der Waals surface area contributed by atoms with Crippen LogP contribution in [-0.4, -0.2) is 71.3 Å². The Balaban J connectivity index is 1.29. The minimum absolute atomic E-state index is 0.778. The van der Waals surface area contributed by atoms with Crippen molar-refractivity contribution in [1.29, 1.82) is 0 Å². The van der Waals surface area contributed by atoms with E-state index in [2.05, 4.69) is 61.3 Å². The molecule has 36 heavy (non-hydrogen) atoms. The van der Waals surface area contributed by atoms with Gasteiger partial charge in [-0.3, -0.25) is 4.90 Å². The zero-order chi connectivity index (χ0) is 24.9. The normalized spacial score (nSPS) is 23.4. The van der Waals surface area contributed by atoms with Crippen molar-refractivity contribution in [2.45, 2.75) is 83.6 Å². The fraction of sp³-hybridized carbons (Fsp3) is 0.613. The van der Waals surface area contributed by atoms with Gasteiger partial charge in [-0.25, -0.2) is 4.99 Å². The standard InChI is InChI=1S/C31H45N4P/c1-24(29-13-4-5-14-30(29)32-25(2)33-17-6-3-7-18-33)26-11-10-12-27(23-26)31(36)35-21-15-28(16-22-35)34-19-8-9-20-34/h10-12,23,28,36H,1,3-9,13-22H2,2H3/b32-25+. The summed E-state index contributed by atoms with van der Waals surface area (Å²) in [5.41, 5.74) is 7.52. The summed E-state index contributed by atoms with van der Waals surface area (Å²) >= 11 is 0. The van der Waals surface area contributed by atoms with Gasteiger partial charge >= 0.3 is 0 Å². The van der Waals surface area contributed by atoms with Crippen molar-refractivity contribution in [1.82, 2.24) is 14.7 Å². The summed E-state index contributed by atoms with van der Waals surface area (Å²) in [4.78, 5) is 12.9. The van der Waals surface area contributed by atoms with Crippen molar-refractivity contribution in [3.63, 3.8) is 0 Å². The first-order valence-electron chi connectivity index (χ1n) is 14.5. The number of benzene rings is 1. The number of aliphatic imine (C=N–C) groups is 1. The van der Waals surface area contributed by atoms with E-state index in [9.17, 15) is 0 Å². The molecule has 3 saturated heterocycles. The lowest BCUT2D eigenvalue weighted by molar-refractivity contribution is 0.164. The van der Waals surface area contributed by atoms with Crippen LogP contribution in [0.15, 0.2) is 47.1 Å². The lowest BCUT2D eigenvalue weighted by Gasteiger charge is -2.37. The molecule has 0 saturated carbocycles. The van der Waals surface area contributed by atoms with Crippen LogP contribution in [-0.2, 0) is 0 Å². The zero-order valence-electron chi connectivity index (χ0n) is 22.4. The van der Waals surface area contributed by atoms with E-state index in [0.29, 0.717) is 0 Å². The van der Waals surface area contributed by atoms with E-state index in [-0.39, 0.29) is 0 Å². The predicted octanol–water partition coefficient (Wildman–Crippen LogP) is 6.61. The molecule has 0 amide bonds. The van der Waals surface area contributed by atoms with Gasteiger partial charge in [-0.1, -0.05) is 24.8 Å². The molecule has 194 valence electrons. The third-order valence-electron chi connectivity index (χ3n) is 8.84. The summed E-state index contributed by atoms with van der Waals surface area (Å²) in [7, 11) is 4.04. The smallest absolute Gasteiger partial charge is 0.101 e. The third-order valence-corrected chi connectivity index (χ3v) is 9.44. The lowest BCUT2D eigenvalue weighted by atomic mass is 9.88. The average Bonchev–Trinajstić information content (AvgIpc) is 3.48. The first-order valence-corrected chi connectivity index (χ1v) is 15.0. The molecule has 3 fully saturated rings. The topological polar surface area (TPSA) is 22.1 Å². The quantitative estimate of drug-likeness (QED) is 0.247. The van der Waals surface area contributed by atoms with Crippen molar-refractivity contribution in [2.24, 2.45) is 4.99 Å². The molecule has 5 heteroatoms. The van der Waals surface area contributed by atoms with E-state index in [1.54, 1.807) is 0 Å². The highest BCUT2D eigenvalue weighted by molar-refractivity contribution is 7.21. The van der Waals surface area contributed by atoms with Crippen molar-refractivity contribution in [2.75, 3.05) is 39.3 Å². The first-order chi connectivity index (χ1) is 17.6. The van der Waals surface area contributed by atoms with Crippen LogP contribution in [0.3, 0.4) is 0 Å². The highest BCUT2D eigenvalue weighted by atomic mass is 31.0. The van der Waals surface area contributed by atoms with Gasteiger partial charge in [0.1, 0.15) is 5.84 Å². The molecule has 4 aliphatic rings. The minimum atomic E-state index is 0.778. The zero-order valence-corrected chi connectivity index (χ0v) is 23.4. The maximum atomic E-state index is 5.19. The summed E-state index contributed by atoms with van der Waals surface area (Å²) in [5.74, 6) is 1.19. The molecule has 4 nitrogen and oxygen atoms in total. The average molecular weight is 505 g/mol. The van der Waals surface area contributed by atoms with E-state index in [0.717, 1.165) is 50.6 Å². The van der Waals surface area contributed by atoms with Crippen molar-refractivity contribution in [3.05, 3.63) is 53.2 Å². The van der Waals surface area contributed by atoms with Crippen molar-refractivity contribution in [3.8, 4) is 0 Å². The van der Waals surface area contributed by atoms with Gasteiger partial charge in [0.25, 0.3) is 0 Å². The number of piperidine rings is 2. The minimum Gasteiger partial charge on any atom is -0.360 e. The number of likely N-dealkylation sites (tertiary alicyclic amines) is 3. The highest BCUT2D eigenvalue weighted by Crippen LogP contribution is 2.35. The number of allylic oxidation sites excluding steroid dienone is 3. The van der Waals surface area contributed by atoms with Crippen molar-refractivity contribution >= 4 is 25.7 Å². The number of hydrogen-bond acceptors (Lipinski definition) is 2. The molecule has 1 aromatic carbocycles. The van der Waals surface area contributed by atoms with Crippen LogP contribution in [0.5, 0.6) is 0 Å². The molecule has 3 heterocycles. The van der Waals surface area contributed by atoms with Crippen LogP contribution in [0.1, 0.15) is 88.7 Å². The molecule has 0 unspecified atom stereocenters. The molecular formula is C31H45N4P. The molecule has 1 aromatic rings. The summed E-state index contributed by atoms with van der Waals surface area (Å²) < 4.78 is 0. The number of rotatable bonds is 6. The second kappa shape index (κ2) is 12.2. The molecule has 0 atom stereocenters. The SMILES string of the molecule is C=C(C1=C(/N=C(\C)N2CCCCC2)CCCC1)c1cccc(C(=P)N2CCC(N3CCCC3)CC2)c1. The van der Waals surface area contributed by atoms with Gasteiger partial charge in [0.15, 0.2) is 0 Å². The maximum absolute atomic E-state index is 5.19. The Morgan fingerprint density at radius 2 is 1.50 bits per heavy atom. The van der Waals surface area contributed by atoms with Crippen LogP contribution in [0.4, 0.5) is 0 Å². The van der Waals surface area contributed by atoms with E-state index in [1.807, 2.05) is 0 Å². The molecule has 3 aliphatic heterocycles. The van der Waals surface area contributed by atoms with Crippen LogP contribution < -0.4 is 0 Å². The van der Waals surface area contributed by atoms with E-state index < -0.39 is 0 Å². The lowest BCUT2D eigenvalue weighted by Crippen LogP contribution is -2.45. The molecule has 0 bridgehead atoms. The van der Waals surface area contributed by atoms with Gasteiger partial charge < -0.3 is 9.80 Å². The second-order valence-corrected chi connectivity index (χ2v) is 11.7. The van der Waals surface area contributed by atoms with E-state index >= 15 is 0 Å². The Bertz CT molecular complexity index is 1010. The Morgan fingerprint density at radius 1 is 0.833 bits per heavy atom. The second-order valence-electron chi connectivity index (χ2n) is 11.2. The van der Waals surface area contributed by atoms with Gasteiger partial charge in [0.2, 0.25) is 0 Å². The van der Waals surface area contributed by atoms with Gasteiger partial charge in [-0.05, 0) is 119 Å². The summed E-state index contributed by atoms with van der Waals surface area (Å²) in [6.07, 6.45) is 13.9. The molecule has 1 aliphatic carbocycles. The molecule has 0 spiro atoms. The van der Waals surface area contributed by atoms with Gasteiger partial charge in [0.05, 0.1) is 0 Å². The van der Waals surface area contributed by atoms with Crippen LogP contribution in [0.2, 0.25) is 0 Å². The third kappa shape index (κ3) is 6.04. The molecular weight excluding hydrogens is 459 g/mol. The van der Waals surface area contributed by atoms with Crippen LogP contribution in [0, 0.1) is 0 Å². The number of nitrogens with zero attached hydrogens (tertiary/aromatic N) is 4. The fourth-order valence-electron chi connectivity index (χ4n) is 6.59. The van der Waals surface area contributed by atoms with E-state index in [1.165, 1.54) is 105 Å². The van der Waals surface area contributed by atoms with Crippen LogP contribution in [0.25, 0.3) is 5.57 Å². The van der Waals surface area contributed by atoms with E-state index in [4.69, 9.17) is 4.99 Å².